The largest absolute Gasteiger partial charge is 0.481 e. The highest BCUT2D eigenvalue weighted by molar-refractivity contribution is 7.99. The van der Waals surface area contributed by atoms with E-state index >= 15 is 0 Å². The molecule has 20 heavy (non-hydrogen) atoms. The topological polar surface area (TPSA) is 69.6 Å². The molecule has 114 valence electrons. The highest BCUT2D eigenvalue weighted by Crippen LogP contribution is 2.24. The summed E-state index contributed by atoms with van der Waals surface area (Å²) in [7, 11) is 0. The Hall–Kier alpha value is -0.910. The van der Waals surface area contributed by atoms with Crippen molar-refractivity contribution in [3.05, 3.63) is 0 Å². The molecule has 0 spiro atoms. The Balaban J connectivity index is 1.90. The molecule has 3 atom stereocenters. The number of thioether (sulfide) groups is 1. The lowest BCUT2D eigenvalue weighted by atomic mass is 9.87. The van der Waals surface area contributed by atoms with Crippen molar-refractivity contribution in [2.24, 2.45) is 5.92 Å². The Morgan fingerprint density at radius 1 is 1.40 bits per heavy atom. The first-order valence-electron chi connectivity index (χ1n) is 7.43. The molecule has 2 amide bonds. The fourth-order valence-corrected chi connectivity index (χ4v) is 4.18. The van der Waals surface area contributed by atoms with Crippen LogP contribution in [0.3, 0.4) is 0 Å². The number of carboxylic acid groups (broad SMARTS) is 1. The van der Waals surface area contributed by atoms with Crippen molar-refractivity contribution in [3.63, 3.8) is 0 Å². The van der Waals surface area contributed by atoms with Gasteiger partial charge in [-0.05, 0) is 18.8 Å². The number of rotatable bonds is 3. The second kappa shape index (κ2) is 7.20. The minimum Gasteiger partial charge on any atom is -0.481 e. The molecule has 3 unspecified atom stereocenters. The number of nitrogens with one attached hydrogen (secondary N) is 1. The molecule has 0 aromatic heterocycles. The second-order valence-corrected chi connectivity index (χ2v) is 7.09. The number of urea groups is 1. The molecule has 2 aliphatic rings. The van der Waals surface area contributed by atoms with Crippen molar-refractivity contribution < 1.29 is 14.7 Å². The summed E-state index contributed by atoms with van der Waals surface area (Å²) in [6.45, 7) is 2.87. The van der Waals surface area contributed by atoms with E-state index in [2.05, 4.69) is 12.2 Å². The monoisotopic (exact) mass is 300 g/mol. The molecule has 6 heteroatoms. The first kappa shape index (κ1) is 15.5. The highest BCUT2D eigenvalue weighted by atomic mass is 32.2. The van der Waals surface area contributed by atoms with E-state index in [1.165, 1.54) is 12.8 Å². The second-order valence-electron chi connectivity index (χ2n) is 5.94. The number of nitrogens with zero attached hydrogens (tertiary/aromatic N) is 1. The van der Waals surface area contributed by atoms with E-state index in [0.717, 1.165) is 24.3 Å². The van der Waals surface area contributed by atoms with Crippen LogP contribution in [-0.4, -0.2) is 52.1 Å². The minimum atomic E-state index is -0.832. The SMILES string of the molecule is CC1CCCC(NC(=O)N2CCSCC2CC(=O)O)C1. The van der Waals surface area contributed by atoms with Gasteiger partial charge in [-0.2, -0.15) is 11.8 Å². The number of amides is 2. The Morgan fingerprint density at radius 2 is 2.20 bits per heavy atom. The lowest BCUT2D eigenvalue weighted by Crippen LogP contribution is -2.53. The van der Waals surface area contributed by atoms with Crippen LogP contribution in [-0.2, 0) is 4.79 Å². The fraction of sp³-hybridized carbons (Fsp3) is 0.857. The van der Waals surface area contributed by atoms with Gasteiger partial charge in [0.25, 0.3) is 0 Å². The lowest BCUT2D eigenvalue weighted by Gasteiger charge is -2.37. The van der Waals surface area contributed by atoms with Gasteiger partial charge in [0.1, 0.15) is 0 Å². The van der Waals surface area contributed by atoms with Crippen LogP contribution < -0.4 is 5.32 Å². The molecule has 1 saturated carbocycles. The molecule has 0 aromatic rings. The summed E-state index contributed by atoms with van der Waals surface area (Å²) < 4.78 is 0. The van der Waals surface area contributed by atoms with E-state index in [1.54, 1.807) is 16.7 Å². The number of carboxylic acids is 1. The van der Waals surface area contributed by atoms with Gasteiger partial charge in [0.05, 0.1) is 12.5 Å². The van der Waals surface area contributed by atoms with Gasteiger partial charge < -0.3 is 15.3 Å². The van der Waals surface area contributed by atoms with Crippen LogP contribution in [0.25, 0.3) is 0 Å². The van der Waals surface area contributed by atoms with Gasteiger partial charge in [-0.3, -0.25) is 4.79 Å². The van der Waals surface area contributed by atoms with E-state index in [-0.39, 0.29) is 24.5 Å². The van der Waals surface area contributed by atoms with Crippen molar-refractivity contribution in [2.45, 2.75) is 51.1 Å². The summed E-state index contributed by atoms with van der Waals surface area (Å²) in [4.78, 5) is 25.0. The highest BCUT2D eigenvalue weighted by Gasteiger charge is 2.30. The molecule has 1 saturated heterocycles. The van der Waals surface area contributed by atoms with Crippen molar-refractivity contribution in [2.75, 3.05) is 18.1 Å². The third kappa shape index (κ3) is 4.30. The first-order chi connectivity index (χ1) is 9.56. The Labute approximate surface area is 124 Å². The normalized spacial score (nSPS) is 30.9. The van der Waals surface area contributed by atoms with Gasteiger partial charge in [-0.1, -0.05) is 19.8 Å². The van der Waals surface area contributed by atoms with Gasteiger partial charge in [-0.15, -0.1) is 0 Å². The minimum absolute atomic E-state index is 0.0431. The maximum atomic E-state index is 12.4. The van der Waals surface area contributed by atoms with E-state index in [4.69, 9.17) is 5.11 Å². The molecule has 1 heterocycles. The summed E-state index contributed by atoms with van der Waals surface area (Å²) in [6.07, 6.45) is 4.54. The van der Waals surface area contributed by atoms with Crippen LogP contribution in [0, 0.1) is 5.92 Å². The summed E-state index contributed by atoms with van der Waals surface area (Å²) in [5.41, 5.74) is 0. The summed E-state index contributed by atoms with van der Waals surface area (Å²) in [5, 5.41) is 12.1. The predicted molar refractivity (Wildman–Crippen MR) is 80.0 cm³/mol. The third-order valence-corrected chi connectivity index (χ3v) is 5.25. The smallest absolute Gasteiger partial charge is 0.317 e. The molecule has 0 aromatic carbocycles. The quantitative estimate of drug-likeness (QED) is 0.838. The predicted octanol–water partition coefficient (Wildman–Crippen LogP) is 2.17. The molecule has 2 N–H and O–H groups in total. The van der Waals surface area contributed by atoms with Gasteiger partial charge in [0.15, 0.2) is 0 Å². The van der Waals surface area contributed by atoms with Crippen molar-refractivity contribution in [1.29, 1.82) is 0 Å². The molecule has 1 aliphatic heterocycles. The van der Waals surface area contributed by atoms with Gasteiger partial charge in [0.2, 0.25) is 0 Å². The number of hydrogen-bond donors (Lipinski definition) is 2. The van der Waals surface area contributed by atoms with Crippen LogP contribution in [0.15, 0.2) is 0 Å². The van der Waals surface area contributed by atoms with E-state index in [9.17, 15) is 9.59 Å². The Morgan fingerprint density at radius 3 is 2.90 bits per heavy atom. The zero-order valence-corrected chi connectivity index (χ0v) is 12.8. The van der Waals surface area contributed by atoms with Gasteiger partial charge in [0, 0.05) is 24.1 Å². The maximum Gasteiger partial charge on any atom is 0.317 e. The third-order valence-electron chi connectivity index (χ3n) is 4.16. The average Bonchev–Trinajstić information content (AvgIpc) is 2.38. The Kier molecular flexibility index (Phi) is 5.57. The molecule has 0 bridgehead atoms. The zero-order chi connectivity index (χ0) is 14.5. The molecule has 5 nitrogen and oxygen atoms in total. The number of aliphatic carboxylic acids is 1. The number of hydrogen-bond acceptors (Lipinski definition) is 3. The van der Waals surface area contributed by atoms with Gasteiger partial charge in [-0.25, -0.2) is 4.79 Å². The van der Waals surface area contributed by atoms with E-state index in [0.29, 0.717) is 12.5 Å². The molecule has 0 radical (unpaired) electrons. The van der Waals surface area contributed by atoms with E-state index in [1.807, 2.05) is 0 Å². The molecule has 1 aliphatic carbocycles. The van der Waals surface area contributed by atoms with Crippen LogP contribution in [0.2, 0.25) is 0 Å². The average molecular weight is 300 g/mol. The zero-order valence-electron chi connectivity index (χ0n) is 12.0. The van der Waals surface area contributed by atoms with Crippen LogP contribution in [0.5, 0.6) is 0 Å². The standard InChI is InChI=1S/C14H24N2O3S/c1-10-3-2-4-11(7-10)15-14(19)16-5-6-20-9-12(16)8-13(17)18/h10-12H,2-9H2,1H3,(H,15,19)(H,17,18). The Bertz CT molecular complexity index is 364. The van der Waals surface area contributed by atoms with Crippen LogP contribution >= 0.6 is 11.8 Å². The molecular weight excluding hydrogens is 276 g/mol. The lowest BCUT2D eigenvalue weighted by molar-refractivity contribution is -0.138. The molecular formula is C14H24N2O3S. The summed E-state index contributed by atoms with van der Waals surface area (Å²) in [5.74, 6) is 1.45. The summed E-state index contributed by atoms with van der Waals surface area (Å²) >= 11 is 1.73. The number of carbonyl (C=O) groups excluding carboxylic acids is 1. The van der Waals surface area contributed by atoms with Crippen molar-refractivity contribution in [1.82, 2.24) is 10.2 Å². The maximum absolute atomic E-state index is 12.4. The van der Waals surface area contributed by atoms with Crippen molar-refractivity contribution in [3.8, 4) is 0 Å². The molecule has 2 fully saturated rings. The summed E-state index contributed by atoms with van der Waals surface area (Å²) in [6, 6.07) is 0.00854. The van der Waals surface area contributed by atoms with E-state index < -0.39 is 5.97 Å². The molecule has 2 rings (SSSR count). The van der Waals surface area contributed by atoms with Crippen LogP contribution in [0.1, 0.15) is 39.0 Å². The van der Waals surface area contributed by atoms with Gasteiger partial charge >= 0.3 is 12.0 Å². The fourth-order valence-electron chi connectivity index (χ4n) is 3.12. The van der Waals surface area contributed by atoms with Crippen LogP contribution in [0.4, 0.5) is 4.79 Å². The first-order valence-corrected chi connectivity index (χ1v) is 8.58. The number of carbonyl (C=O) groups is 2. The van der Waals surface area contributed by atoms with Crippen molar-refractivity contribution >= 4 is 23.8 Å².